The first kappa shape index (κ1) is 12.2. The van der Waals surface area contributed by atoms with Crippen LogP contribution in [0.1, 0.15) is 15.9 Å². The lowest BCUT2D eigenvalue weighted by molar-refractivity contribution is 0.0595. The minimum atomic E-state index is -0.500. The van der Waals surface area contributed by atoms with Crippen LogP contribution in [-0.2, 0) is 4.74 Å². The third kappa shape index (κ3) is 1.88. The number of methoxy groups -OCH3 is 3. The Morgan fingerprint density at radius 2 is 1.88 bits per heavy atom. The molecule has 0 saturated heterocycles. The molecule has 5 heteroatoms. The smallest absolute Gasteiger partial charge is 0.342 e. The van der Waals surface area contributed by atoms with Gasteiger partial charge in [0.1, 0.15) is 5.56 Å². The molecule has 2 N–H and O–H groups in total. The molecule has 0 bridgehead atoms. The van der Waals surface area contributed by atoms with Crippen LogP contribution < -0.4 is 15.2 Å². The highest BCUT2D eigenvalue weighted by Gasteiger charge is 2.22. The van der Waals surface area contributed by atoms with Crippen LogP contribution in [-0.4, -0.2) is 27.3 Å². The van der Waals surface area contributed by atoms with Crippen molar-refractivity contribution in [2.24, 2.45) is 0 Å². The van der Waals surface area contributed by atoms with Crippen molar-refractivity contribution >= 4 is 11.7 Å². The number of nitrogens with two attached hydrogens (primary N) is 1. The second kappa shape index (κ2) is 4.74. The second-order valence-corrected chi connectivity index (χ2v) is 3.19. The highest BCUT2D eigenvalue weighted by atomic mass is 16.5. The lowest BCUT2D eigenvalue weighted by atomic mass is 10.0. The SMILES string of the molecule is COC(=O)c1c(C)c(N)cc(OC)c1OC. The van der Waals surface area contributed by atoms with E-state index in [1.165, 1.54) is 21.3 Å². The zero-order valence-corrected chi connectivity index (χ0v) is 9.79. The van der Waals surface area contributed by atoms with Crippen molar-refractivity contribution in [1.82, 2.24) is 0 Å². The van der Waals surface area contributed by atoms with Crippen molar-refractivity contribution in [1.29, 1.82) is 0 Å². The molecular formula is C11H15NO4. The quantitative estimate of drug-likeness (QED) is 0.621. The Bertz CT molecular complexity index is 415. The summed E-state index contributed by atoms with van der Waals surface area (Å²) in [6, 6.07) is 1.61. The van der Waals surface area contributed by atoms with Crippen molar-refractivity contribution in [3.05, 3.63) is 17.2 Å². The summed E-state index contributed by atoms with van der Waals surface area (Å²) in [5.41, 5.74) is 7.13. The van der Waals surface area contributed by atoms with Gasteiger partial charge >= 0.3 is 5.97 Å². The van der Waals surface area contributed by atoms with E-state index in [9.17, 15) is 4.79 Å². The van der Waals surface area contributed by atoms with E-state index in [0.717, 1.165) is 0 Å². The molecule has 0 atom stereocenters. The predicted molar refractivity (Wildman–Crippen MR) is 60.0 cm³/mol. The van der Waals surface area contributed by atoms with Crippen LogP contribution >= 0.6 is 0 Å². The van der Waals surface area contributed by atoms with E-state index in [-0.39, 0.29) is 0 Å². The topological polar surface area (TPSA) is 70.8 Å². The third-order valence-corrected chi connectivity index (χ3v) is 2.36. The first-order valence-corrected chi connectivity index (χ1v) is 4.66. The molecule has 16 heavy (non-hydrogen) atoms. The van der Waals surface area contributed by atoms with Gasteiger partial charge in [0.2, 0.25) is 0 Å². The molecule has 1 rings (SSSR count). The molecule has 0 unspecified atom stereocenters. The Labute approximate surface area is 94.1 Å². The second-order valence-electron chi connectivity index (χ2n) is 3.19. The fourth-order valence-electron chi connectivity index (χ4n) is 1.45. The van der Waals surface area contributed by atoms with Gasteiger partial charge in [-0.1, -0.05) is 0 Å². The van der Waals surface area contributed by atoms with Crippen LogP contribution in [0, 0.1) is 6.92 Å². The lowest BCUT2D eigenvalue weighted by Gasteiger charge is -2.15. The van der Waals surface area contributed by atoms with Crippen molar-refractivity contribution in [3.8, 4) is 11.5 Å². The molecule has 1 aromatic rings. The maximum absolute atomic E-state index is 11.6. The van der Waals surface area contributed by atoms with Crippen LogP contribution in [0.3, 0.4) is 0 Å². The van der Waals surface area contributed by atoms with Gasteiger partial charge < -0.3 is 19.9 Å². The summed E-state index contributed by atoms with van der Waals surface area (Å²) >= 11 is 0. The van der Waals surface area contributed by atoms with Crippen molar-refractivity contribution in [2.45, 2.75) is 6.92 Å². The number of carbonyl (C=O) groups excluding carboxylic acids is 1. The van der Waals surface area contributed by atoms with Gasteiger partial charge in [-0.3, -0.25) is 0 Å². The molecule has 0 aliphatic rings. The van der Waals surface area contributed by atoms with Crippen LogP contribution in [0.25, 0.3) is 0 Å². The molecule has 0 spiro atoms. The number of hydrogen-bond acceptors (Lipinski definition) is 5. The number of esters is 1. The van der Waals surface area contributed by atoms with Gasteiger partial charge in [0, 0.05) is 11.8 Å². The number of anilines is 1. The van der Waals surface area contributed by atoms with Crippen molar-refractivity contribution in [3.63, 3.8) is 0 Å². The van der Waals surface area contributed by atoms with E-state index in [0.29, 0.717) is 28.3 Å². The van der Waals surface area contributed by atoms with E-state index in [1.807, 2.05) is 0 Å². The Kier molecular flexibility index (Phi) is 3.60. The minimum absolute atomic E-state index is 0.293. The highest BCUT2D eigenvalue weighted by molar-refractivity contribution is 5.97. The van der Waals surface area contributed by atoms with Crippen LogP contribution in [0.4, 0.5) is 5.69 Å². The normalized spacial score (nSPS) is 9.75. The molecule has 0 saturated carbocycles. The number of ether oxygens (including phenoxy) is 3. The number of nitrogen functional groups attached to an aromatic ring is 1. The van der Waals surface area contributed by atoms with E-state index in [2.05, 4.69) is 4.74 Å². The number of rotatable bonds is 3. The molecule has 0 fully saturated rings. The molecule has 0 aliphatic heterocycles. The number of carbonyl (C=O) groups is 1. The van der Waals surface area contributed by atoms with E-state index < -0.39 is 5.97 Å². The van der Waals surface area contributed by atoms with Gasteiger partial charge in [0.05, 0.1) is 21.3 Å². The molecule has 0 aromatic heterocycles. The summed E-state index contributed by atoms with van der Waals surface area (Å²) in [6.45, 7) is 1.73. The fraction of sp³-hybridized carbons (Fsp3) is 0.364. The summed E-state index contributed by atoms with van der Waals surface area (Å²) in [5, 5.41) is 0. The van der Waals surface area contributed by atoms with Crippen molar-refractivity contribution in [2.75, 3.05) is 27.1 Å². The van der Waals surface area contributed by atoms with E-state index in [1.54, 1.807) is 13.0 Å². The Hall–Kier alpha value is -1.91. The first-order chi connectivity index (χ1) is 7.56. The predicted octanol–water partition coefficient (Wildman–Crippen LogP) is 1.38. The van der Waals surface area contributed by atoms with Gasteiger partial charge in [-0.25, -0.2) is 4.79 Å². The maximum Gasteiger partial charge on any atom is 0.342 e. The van der Waals surface area contributed by atoms with Gasteiger partial charge in [-0.05, 0) is 12.5 Å². The monoisotopic (exact) mass is 225 g/mol. The summed E-state index contributed by atoms with van der Waals surface area (Å²) < 4.78 is 14.9. The highest BCUT2D eigenvalue weighted by Crippen LogP contribution is 2.37. The standard InChI is InChI=1S/C11H15NO4/c1-6-7(12)5-8(14-2)10(15-3)9(6)11(13)16-4/h5H,12H2,1-4H3. The summed E-state index contributed by atoms with van der Waals surface area (Å²) in [7, 11) is 4.24. The van der Waals surface area contributed by atoms with Gasteiger partial charge in [0.15, 0.2) is 11.5 Å². The summed E-state index contributed by atoms with van der Waals surface area (Å²) in [5.74, 6) is 0.243. The van der Waals surface area contributed by atoms with Crippen LogP contribution in [0.2, 0.25) is 0 Å². The molecule has 1 aromatic carbocycles. The van der Waals surface area contributed by atoms with Gasteiger partial charge in [0.25, 0.3) is 0 Å². The molecule has 0 aliphatic carbocycles. The zero-order valence-electron chi connectivity index (χ0n) is 9.79. The molecule has 5 nitrogen and oxygen atoms in total. The average molecular weight is 225 g/mol. The maximum atomic E-state index is 11.6. The fourth-order valence-corrected chi connectivity index (χ4v) is 1.45. The van der Waals surface area contributed by atoms with Crippen LogP contribution in [0.15, 0.2) is 6.07 Å². The van der Waals surface area contributed by atoms with Gasteiger partial charge in [-0.15, -0.1) is 0 Å². The molecular weight excluding hydrogens is 210 g/mol. The Morgan fingerprint density at radius 3 is 2.31 bits per heavy atom. The van der Waals surface area contributed by atoms with Gasteiger partial charge in [-0.2, -0.15) is 0 Å². The van der Waals surface area contributed by atoms with Crippen LogP contribution in [0.5, 0.6) is 11.5 Å². The Morgan fingerprint density at radius 1 is 1.25 bits per heavy atom. The number of benzene rings is 1. The van der Waals surface area contributed by atoms with E-state index in [4.69, 9.17) is 15.2 Å². The summed E-state index contributed by atoms with van der Waals surface area (Å²) in [6.07, 6.45) is 0. The number of hydrogen-bond donors (Lipinski definition) is 1. The first-order valence-electron chi connectivity index (χ1n) is 4.66. The molecule has 0 amide bonds. The average Bonchev–Trinajstić information content (AvgIpc) is 2.30. The largest absolute Gasteiger partial charge is 0.493 e. The lowest BCUT2D eigenvalue weighted by Crippen LogP contribution is -2.09. The molecule has 0 radical (unpaired) electrons. The van der Waals surface area contributed by atoms with E-state index >= 15 is 0 Å². The molecule has 88 valence electrons. The van der Waals surface area contributed by atoms with Crippen molar-refractivity contribution < 1.29 is 19.0 Å². The minimum Gasteiger partial charge on any atom is -0.493 e. The summed E-state index contributed by atoms with van der Waals surface area (Å²) in [4.78, 5) is 11.6. The molecule has 0 heterocycles. The third-order valence-electron chi connectivity index (χ3n) is 2.36. The Balaban J connectivity index is 3.53. The zero-order chi connectivity index (χ0) is 12.3.